The molecule has 2 fully saturated rings. The van der Waals surface area contributed by atoms with Crippen LogP contribution < -0.4 is 5.32 Å². The summed E-state index contributed by atoms with van der Waals surface area (Å²) in [4.78, 5) is 75.3. The molecule has 2 rings (SSSR count). The summed E-state index contributed by atoms with van der Waals surface area (Å²) in [7, 11) is -5.58. The van der Waals surface area contributed by atoms with Gasteiger partial charge in [0.15, 0.2) is 24.6 Å². The molecule has 91 heavy (non-hydrogen) atoms. The van der Waals surface area contributed by atoms with Gasteiger partial charge in [0.25, 0.3) is 0 Å². The summed E-state index contributed by atoms with van der Waals surface area (Å²) < 4.78 is 52.9. The van der Waals surface area contributed by atoms with Crippen LogP contribution in [0.3, 0.4) is 0 Å². The van der Waals surface area contributed by atoms with Crippen molar-refractivity contribution in [1.82, 2.24) is 5.32 Å². The Labute approximate surface area is 546 Å². The maximum atomic E-state index is 13.9. The van der Waals surface area contributed by atoms with Gasteiger partial charge in [-0.2, -0.15) is 0 Å². The van der Waals surface area contributed by atoms with Crippen LogP contribution in [0.2, 0.25) is 0 Å². The molecule has 1 amide bonds. The first-order valence-corrected chi connectivity index (χ1v) is 37.5. The molecule has 0 aliphatic carbocycles. The standard InChI is InChI=1S/C68H128NO21P/c1-5-9-13-17-21-25-29-33-37-41-51(71)45-57(75)69-61-64(87-58(76)46-52(72)42-38-34-30-26-22-18-14-10-6-2)62(79)55(49-70)85-67(61)84-50-56-63(80)65(88-59(77)47-53(73)43-39-35-31-27-23-19-15-11-7-3)66(68(86-56)90-91(81,82)83)89-60(78)48-54(74)44-40-36-32-28-24-20-16-12-8-4/h51-56,61-68,70-74,79-80H,5-50H2,1-4H3,(H,69,75)(H2,81,82,83)/t51-,52-,53-,54-,55-,56-,61-,62-,63-,64-,65+,66-,67-,68-/m1/s1. The highest BCUT2D eigenvalue weighted by molar-refractivity contribution is 7.46. The number of phosphoric ester groups is 1. The number of amides is 1. The van der Waals surface area contributed by atoms with E-state index in [4.69, 9.17) is 32.9 Å². The normalized spacial score (nSPS) is 23.3. The molecule has 2 heterocycles. The van der Waals surface area contributed by atoms with Crippen molar-refractivity contribution in [3.8, 4) is 0 Å². The molecule has 0 saturated carbocycles. The Morgan fingerprint density at radius 1 is 0.418 bits per heavy atom. The molecule has 2 aliphatic heterocycles. The van der Waals surface area contributed by atoms with Crippen LogP contribution in [0.25, 0.3) is 0 Å². The van der Waals surface area contributed by atoms with Gasteiger partial charge in [-0.3, -0.25) is 23.7 Å². The Hall–Kier alpha value is -2.41. The number of nitrogens with one attached hydrogen (secondary N) is 1. The average Bonchev–Trinajstić information content (AvgIpc) is 1.02. The smallest absolute Gasteiger partial charge is 0.457 e. The van der Waals surface area contributed by atoms with E-state index in [2.05, 4.69) is 33.0 Å². The molecule has 0 spiro atoms. The fourth-order valence-electron chi connectivity index (χ4n) is 12.0. The first kappa shape index (κ1) is 84.7. The zero-order chi connectivity index (χ0) is 67.1. The minimum absolute atomic E-state index is 0.228. The van der Waals surface area contributed by atoms with E-state index in [-0.39, 0.29) is 19.3 Å². The van der Waals surface area contributed by atoms with Gasteiger partial charge in [0.2, 0.25) is 12.2 Å². The largest absolute Gasteiger partial charge is 0.472 e. The number of esters is 3. The van der Waals surface area contributed by atoms with Crippen molar-refractivity contribution in [2.75, 3.05) is 13.2 Å². The summed E-state index contributed by atoms with van der Waals surface area (Å²) >= 11 is 0. The Morgan fingerprint density at radius 3 is 1.05 bits per heavy atom. The van der Waals surface area contributed by atoms with E-state index in [1.807, 2.05) is 0 Å². The molecule has 14 atom stereocenters. The lowest BCUT2D eigenvalue weighted by Crippen LogP contribution is -2.67. The van der Waals surface area contributed by atoms with Crippen molar-refractivity contribution < 1.29 is 102 Å². The number of aliphatic hydroxyl groups excluding tert-OH is 7. The third kappa shape index (κ3) is 40.7. The molecule has 22 nitrogen and oxygen atoms in total. The predicted octanol–water partition coefficient (Wildman–Crippen LogP) is 11.2. The predicted molar refractivity (Wildman–Crippen MR) is 347 cm³/mol. The molecule has 0 radical (unpaired) electrons. The van der Waals surface area contributed by atoms with Crippen LogP contribution >= 0.6 is 7.82 Å². The van der Waals surface area contributed by atoms with Gasteiger partial charge in [-0.25, -0.2) is 4.57 Å². The lowest BCUT2D eigenvalue weighted by Gasteiger charge is -2.45. The number of aliphatic hydroxyl groups is 7. The maximum Gasteiger partial charge on any atom is 0.472 e. The number of phosphoric acid groups is 1. The van der Waals surface area contributed by atoms with Crippen molar-refractivity contribution in [3.05, 3.63) is 0 Å². The fraction of sp³-hybridized carbons (Fsp3) is 0.941. The molecular weight excluding hydrogens is 1200 g/mol. The number of ether oxygens (including phenoxy) is 6. The van der Waals surface area contributed by atoms with E-state index in [0.717, 1.165) is 141 Å². The maximum absolute atomic E-state index is 13.9. The van der Waals surface area contributed by atoms with E-state index in [9.17, 15) is 69.3 Å². The molecule has 536 valence electrons. The molecule has 23 heteroatoms. The first-order chi connectivity index (χ1) is 43.8. The zero-order valence-electron chi connectivity index (χ0n) is 56.5. The summed E-state index contributed by atoms with van der Waals surface area (Å²) in [5, 5.41) is 80.8. The number of carbonyl (C=O) groups is 4. The van der Waals surface area contributed by atoms with Crippen LogP contribution in [0.15, 0.2) is 0 Å². The van der Waals surface area contributed by atoms with Gasteiger partial charge in [-0.15, -0.1) is 0 Å². The number of carbonyl (C=O) groups excluding carboxylic acids is 4. The van der Waals surface area contributed by atoms with Crippen molar-refractivity contribution in [2.24, 2.45) is 0 Å². The SMILES string of the molecule is CCCCCCCCCCC[C@@H](O)CC(=O)N[C@H]1[C@H](OC[C@H]2O[C@H](OP(=O)(O)O)[C@H](OC(=O)C[C@H](O)CCCCCCCCCCC)[C@@H](OC(=O)C[C@H](O)CCCCCCCCCCC)[C@@H]2O)O[C@H](CO)[C@@H](O)[C@@H]1OC(=O)C[C@H](O)CCCCCCCCCCC. The van der Waals surface area contributed by atoms with Gasteiger partial charge >= 0.3 is 25.7 Å². The third-order valence-corrected chi connectivity index (χ3v) is 17.9. The first-order valence-electron chi connectivity index (χ1n) is 36.0. The highest BCUT2D eigenvalue weighted by Crippen LogP contribution is 2.42. The summed E-state index contributed by atoms with van der Waals surface area (Å²) in [6.07, 6.45) is 14.3. The van der Waals surface area contributed by atoms with Crippen LogP contribution in [0.5, 0.6) is 0 Å². The van der Waals surface area contributed by atoms with E-state index in [0.29, 0.717) is 32.1 Å². The van der Waals surface area contributed by atoms with Crippen LogP contribution in [0.1, 0.15) is 310 Å². The topological polar surface area (TPSA) is 344 Å². The summed E-state index contributed by atoms with van der Waals surface area (Å²) in [6.45, 7) is 6.90. The van der Waals surface area contributed by atoms with Crippen molar-refractivity contribution >= 4 is 31.6 Å². The van der Waals surface area contributed by atoms with Gasteiger partial charge in [0, 0.05) is 0 Å². The molecular formula is C68H128NO21P. The monoisotopic (exact) mass is 1330 g/mol. The second-order valence-electron chi connectivity index (χ2n) is 26.0. The van der Waals surface area contributed by atoms with Crippen LogP contribution in [0, 0.1) is 0 Å². The summed E-state index contributed by atoms with van der Waals surface area (Å²) in [5.74, 6) is -3.93. The van der Waals surface area contributed by atoms with Gasteiger partial charge in [-0.1, -0.05) is 259 Å². The van der Waals surface area contributed by atoms with Gasteiger partial charge in [0.05, 0.1) is 63.3 Å². The van der Waals surface area contributed by atoms with E-state index in [1.165, 1.54) is 64.2 Å². The van der Waals surface area contributed by atoms with Crippen molar-refractivity contribution in [3.63, 3.8) is 0 Å². The van der Waals surface area contributed by atoms with E-state index >= 15 is 0 Å². The molecule has 10 N–H and O–H groups in total. The number of rotatable bonds is 58. The highest BCUT2D eigenvalue weighted by atomic mass is 31.2. The van der Waals surface area contributed by atoms with Crippen LogP contribution in [-0.2, 0) is 56.7 Å². The van der Waals surface area contributed by atoms with E-state index in [1.54, 1.807) is 0 Å². The van der Waals surface area contributed by atoms with Crippen molar-refractivity contribution in [1.29, 1.82) is 0 Å². The molecule has 0 unspecified atom stereocenters. The van der Waals surface area contributed by atoms with Gasteiger partial charge in [0.1, 0.15) is 30.5 Å². The third-order valence-electron chi connectivity index (χ3n) is 17.5. The summed E-state index contributed by atoms with van der Waals surface area (Å²) in [6, 6.07) is -1.62. The van der Waals surface area contributed by atoms with Gasteiger partial charge in [-0.05, 0) is 25.7 Å². The van der Waals surface area contributed by atoms with Crippen LogP contribution in [-0.4, -0.2) is 168 Å². The van der Waals surface area contributed by atoms with Gasteiger partial charge < -0.3 is 79.3 Å². The number of unbranched alkanes of at least 4 members (excludes halogenated alkanes) is 32. The molecule has 2 saturated heterocycles. The highest BCUT2D eigenvalue weighted by Gasteiger charge is 2.54. The molecule has 0 aromatic carbocycles. The van der Waals surface area contributed by atoms with Crippen LogP contribution in [0.4, 0.5) is 0 Å². The second kappa shape index (κ2) is 52.7. The minimum Gasteiger partial charge on any atom is -0.457 e. The lowest BCUT2D eigenvalue weighted by atomic mass is 9.95. The summed E-state index contributed by atoms with van der Waals surface area (Å²) in [5.41, 5.74) is 0. The second-order valence-corrected chi connectivity index (χ2v) is 27.2. The minimum atomic E-state index is -5.58. The van der Waals surface area contributed by atoms with Crippen molar-refractivity contribution in [2.45, 2.75) is 396 Å². The lowest BCUT2D eigenvalue weighted by molar-refractivity contribution is -0.312. The Morgan fingerprint density at radius 2 is 0.714 bits per heavy atom. The zero-order valence-corrected chi connectivity index (χ0v) is 57.4. The fourth-order valence-corrected chi connectivity index (χ4v) is 12.4. The molecule has 0 aromatic heterocycles. The number of hydrogen-bond acceptors (Lipinski definition) is 19. The molecule has 0 bridgehead atoms. The molecule has 2 aliphatic rings. The van der Waals surface area contributed by atoms with E-state index < -0.39 is 156 Å². The Kier molecular flexibility index (Phi) is 49.1. The quantitative estimate of drug-likeness (QED) is 0.0117. The Bertz CT molecular complexity index is 1880. The average molecular weight is 1330 g/mol. The Balaban J connectivity index is 2.43. The number of hydrogen-bond donors (Lipinski definition) is 10. The molecule has 0 aromatic rings.